The summed E-state index contributed by atoms with van der Waals surface area (Å²) in [7, 11) is 0.948. The highest BCUT2D eigenvalue weighted by Crippen LogP contribution is 2.28. The van der Waals surface area contributed by atoms with Crippen LogP contribution in [0.2, 0.25) is 0 Å². The lowest BCUT2D eigenvalue weighted by atomic mass is 10.2. The molecule has 19 heavy (non-hydrogen) atoms. The fourth-order valence-electron chi connectivity index (χ4n) is 0.804. The van der Waals surface area contributed by atoms with Crippen LogP contribution in [0.5, 0.6) is 0 Å². The average molecular weight is 294 g/mol. The summed E-state index contributed by atoms with van der Waals surface area (Å²) in [6.07, 6.45) is -4.21. The quantitative estimate of drug-likeness (QED) is 0.794. The van der Waals surface area contributed by atoms with Crippen LogP contribution in [0.4, 0.5) is 13.2 Å². The van der Waals surface area contributed by atoms with Crippen LogP contribution in [-0.4, -0.2) is 32.4 Å². The van der Waals surface area contributed by atoms with E-state index >= 15 is 0 Å². The van der Waals surface area contributed by atoms with E-state index in [1.807, 2.05) is 5.02 Å². The van der Waals surface area contributed by atoms with Crippen LogP contribution in [0.25, 0.3) is 0 Å². The van der Waals surface area contributed by atoms with Gasteiger partial charge in [-0.1, -0.05) is 30.3 Å². The van der Waals surface area contributed by atoms with Crippen LogP contribution in [0.15, 0.2) is 36.2 Å². The minimum atomic E-state index is -4.21. The van der Waals surface area contributed by atoms with Gasteiger partial charge in [-0.25, -0.2) is 0 Å². The van der Waals surface area contributed by atoms with Gasteiger partial charge in [-0.3, -0.25) is 0 Å². The maximum absolute atomic E-state index is 11.8. The Morgan fingerprint density at radius 3 is 1.89 bits per heavy atom. The van der Waals surface area contributed by atoms with Crippen LogP contribution in [0.3, 0.4) is 0 Å². The highest BCUT2D eigenvalue weighted by molar-refractivity contribution is 7.70. The van der Waals surface area contributed by atoms with E-state index in [-0.39, 0.29) is 5.82 Å². The number of hydrogen-bond donors (Lipinski definition) is 1. The van der Waals surface area contributed by atoms with Crippen molar-refractivity contribution in [2.45, 2.75) is 6.18 Å². The number of halogens is 3. The van der Waals surface area contributed by atoms with E-state index in [1.165, 1.54) is 17.0 Å². The molecule has 1 aromatic rings. The summed E-state index contributed by atoms with van der Waals surface area (Å²) in [4.78, 5) is 1.45. The molecule has 0 aliphatic heterocycles. The van der Waals surface area contributed by atoms with E-state index in [0.29, 0.717) is 0 Å². The van der Waals surface area contributed by atoms with E-state index in [2.05, 4.69) is 0 Å². The Morgan fingerprint density at radius 2 is 1.68 bits per heavy atom. The second-order valence-corrected chi connectivity index (χ2v) is 4.15. The molecule has 0 saturated heterocycles. The van der Waals surface area contributed by atoms with E-state index in [0.717, 1.165) is 12.1 Å². The van der Waals surface area contributed by atoms with Gasteiger partial charge in [-0.05, 0) is 0 Å². The molecule has 0 aliphatic rings. The Kier molecular flexibility index (Phi) is 6.74. The number of nitrogens with zero attached hydrogens (tertiary/aromatic N) is 1. The molecule has 0 radical (unpaired) electrons. The van der Waals surface area contributed by atoms with Crippen LogP contribution in [0, 0.1) is 0 Å². The summed E-state index contributed by atoms with van der Waals surface area (Å²) in [6, 6.07) is 6.36. The van der Waals surface area contributed by atoms with Crippen molar-refractivity contribution in [2.75, 3.05) is 14.1 Å². The molecule has 4 nitrogen and oxygen atoms in total. The molecule has 0 unspecified atom stereocenters. The van der Waals surface area contributed by atoms with Crippen molar-refractivity contribution >= 4 is 15.3 Å². The zero-order valence-corrected chi connectivity index (χ0v) is 11.1. The van der Waals surface area contributed by atoms with E-state index < -0.39 is 22.0 Å². The van der Waals surface area contributed by atoms with E-state index in [4.69, 9.17) is 5.73 Å². The molecule has 0 amide bonds. The van der Waals surface area contributed by atoms with Gasteiger partial charge in [0.2, 0.25) is 0 Å². The zero-order chi connectivity index (χ0) is 15.1. The summed E-state index contributed by atoms with van der Waals surface area (Å²) in [6.45, 7) is 0. The van der Waals surface area contributed by atoms with Gasteiger partial charge in [0, 0.05) is 14.1 Å². The molecular weight excluding hydrogens is 281 g/mol. The first-order valence-corrected chi connectivity index (χ1v) is 6.00. The lowest BCUT2D eigenvalue weighted by molar-refractivity contribution is -0.137. The first-order chi connectivity index (χ1) is 8.64. The smallest absolute Gasteiger partial charge is 0.378 e. The van der Waals surface area contributed by atoms with Gasteiger partial charge in [0.15, 0.2) is 5.82 Å². The van der Waals surface area contributed by atoms with Crippen molar-refractivity contribution in [1.82, 2.24) is 4.90 Å². The predicted molar refractivity (Wildman–Crippen MR) is 66.8 cm³/mol. The van der Waals surface area contributed by atoms with Crippen molar-refractivity contribution in [3.8, 4) is 0 Å². The topological polar surface area (TPSA) is 63.4 Å². The minimum absolute atomic E-state index is 0.100. The predicted octanol–water partition coefficient (Wildman–Crippen LogP) is 1.33. The third-order valence-electron chi connectivity index (χ3n) is 1.77. The fourth-order valence-corrected chi connectivity index (χ4v) is 1.16. The van der Waals surface area contributed by atoms with Crippen molar-refractivity contribution in [3.05, 3.63) is 41.7 Å². The number of rotatable bonds is 1. The number of benzene rings is 1. The van der Waals surface area contributed by atoms with Gasteiger partial charge in [0.1, 0.15) is 0 Å². The van der Waals surface area contributed by atoms with Crippen LogP contribution in [-0.2, 0) is 16.5 Å². The van der Waals surface area contributed by atoms with Crippen molar-refractivity contribution in [1.29, 1.82) is 0 Å². The Balaban J connectivity index is 0.000000344. The Bertz CT molecular complexity index is 551. The lowest BCUT2D eigenvalue weighted by Crippen LogP contribution is -2.18. The van der Waals surface area contributed by atoms with Crippen LogP contribution < -0.4 is 5.73 Å². The van der Waals surface area contributed by atoms with Gasteiger partial charge < -0.3 is 10.6 Å². The molecule has 106 valence electrons. The monoisotopic (exact) mass is 294 g/mol. The molecule has 0 saturated carbocycles. The number of hydrogen-bond acceptors (Lipinski definition) is 4. The molecule has 0 fully saturated rings. The SMILES string of the molecule is CN(C)C(N)=C=S(=O)=O.FC(F)(F)c1ccccc1. The largest absolute Gasteiger partial charge is 0.416 e. The Morgan fingerprint density at radius 1 is 1.21 bits per heavy atom. The summed E-state index contributed by atoms with van der Waals surface area (Å²) in [5.74, 6) is 0.100. The minimum Gasteiger partial charge on any atom is -0.378 e. The summed E-state index contributed by atoms with van der Waals surface area (Å²) >= 11 is 0. The molecule has 0 heterocycles. The molecule has 8 heteroatoms. The van der Waals surface area contributed by atoms with Crippen molar-refractivity contribution in [2.24, 2.45) is 5.73 Å². The van der Waals surface area contributed by atoms with Gasteiger partial charge in [0.05, 0.1) is 10.6 Å². The maximum Gasteiger partial charge on any atom is 0.416 e. The van der Waals surface area contributed by atoms with Crippen molar-refractivity contribution < 1.29 is 21.6 Å². The van der Waals surface area contributed by atoms with Crippen molar-refractivity contribution in [3.63, 3.8) is 0 Å². The fraction of sp³-hybridized carbons (Fsp3) is 0.273. The van der Waals surface area contributed by atoms with Crippen LogP contribution >= 0.6 is 0 Å². The summed E-state index contributed by atoms with van der Waals surface area (Å²) in [5, 5.41) is 1.98. The molecule has 2 N–H and O–H groups in total. The molecule has 0 atom stereocenters. The summed E-state index contributed by atoms with van der Waals surface area (Å²) < 4.78 is 55.1. The zero-order valence-electron chi connectivity index (χ0n) is 10.3. The third kappa shape index (κ3) is 7.91. The van der Waals surface area contributed by atoms with Gasteiger partial charge in [0.25, 0.3) is 10.3 Å². The van der Waals surface area contributed by atoms with Crippen LogP contribution in [0.1, 0.15) is 5.56 Å². The normalized spacial score (nSPS) is 9.74. The lowest BCUT2D eigenvalue weighted by Gasteiger charge is -2.06. The molecule has 1 rings (SSSR count). The first-order valence-electron chi connectivity index (χ1n) is 4.92. The molecule has 0 aromatic heterocycles. The molecule has 1 aromatic carbocycles. The molecule has 0 aliphatic carbocycles. The highest BCUT2D eigenvalue weighted by atomic mass is 32.2. The van der Waals surface area contributed by atoms with E-state index in [9.17, 15) is 21.6 Å². The van der Waals surface area contributed by atoms with Gasteiger partial charge in [-0.2, -0.15) is 21.6 Å². The standard InChI is InChI=1S/C7H5F3.C4H8N2O2S/c8-7(9,10)6-4-2-1-3-5-6;1-6(2)4(5)3-9(7)8/h1-5H;5H2,1-2H3. The second-order valence-electron chi connectivity index (χ2n) is 3.48. The summed E-state index contributed by atoms with van der Waals surface area (Å²) in [5.41, 5.74) is 4.55. The molecular formula is C11H13F3N2O2S. The van der Waals surface area contributed by atoms with E-state index in [1.54, 1.807) is 20.2 Å². The molecule has 0 spiro atoms. The Labute approximate surface area is 110 Å². The number of alkyl halides is 3. The second kappa shape index (κ2) is 7.50. The Hall–Kier alpha value is -1.92. The van der Waals surface area contributed by atoms with Gasteiger partial charge in [-0.15, -0.1) is 0 Å². The van der Waals surface area contributed by atoms with Gasteiger partial charge >= 0.3 is 6.18 Å². The average Bonchev–Trinajstić information content (AvgIpc) is 2.29. The first kappa shape index (κ1) is 17.1. The third-order valence-corrected chi connectivity index (χ3v) is 2.15. The maximum atomic E-state index is 11.8. The number of nitrogens with two attached hydrogens (primary N) is 1. The highest BCUT2D eigenvalue weighted by Gasteiger charge is 2.29. The molecule has 0 bridgehead atoms.